The summed E-state index contributed by atoms with van der Waals surface area (Å²) in [6.07, 6.45) is 56.1. The van der Waals surface area contributed by atoms with Gasteiger partial charge in [-0.3, -0.25) is 0 Å². The lowest BCUT2D eigenvalue weighted by molar-refractivity contribution is 0.121. The first kappa shape index (κ1) is 56.5. The minimum absolute atomic E-state index is 0.156. The molecule has 0 saturated heterocycles. The monoisotopic (exact) mass is 912 g/mol. The second-order valence-corrected chi connectivity index (χ2v) is 29.6. The van der Waals surface area contributed by atoms with Crippen molar-refractivity contribution >= 4 is 13.8 Å². The van der Waals surface area contributed by atoms with Crippen LogP contribution in [0.25, 0.3) is 5.57 Å². The number of unbranched alkanes of at least 4 members (excludes halogenated alkanes) is 30. The average molecular weight is 913 g/mol. The van der Waals surface area contributed by atoms with Crippen LogP contribution in [-0.2, 0) is 5.41 Å². The summed E-state index contributed by atoms with van der Waals surface area (Å²) in [5.41, 5.74) is 8.02. The summed E-state index contributed by atoms with van der Waals surface area (Å²) >= 11 is 0. The molecule has 4 unspecified atom stereocenters. The smallest absolute Gasteiger partial charge is 0.127 e. The molecule has 2 heteroatoms. The maximum absolute atomic E-state index is 3.02. The molecule has 374 valence electrons. The second-order valence-electron chi connectivity index (χ2n) is 25.2. The fourth-order valence-electron chi connectivity index (χ4n) is 15.0. The zero-order valence-electron chi connectivity index (χ0n) is 46.0. The van der Waals surface area contributed by atoms with E-state index in [1.807, 2.05) is 0 Å². The number of rotatable bonds is 36. The van der Waals surface area contributed by atoms with Gasteiger partial charge in [-0.15, -0.1) is 0 Å². The van der Waals surface area contributed by atoms with E-state index >= 15 is 0 Å². The summed E-state index contributed by atoms with van der Waals surface area (Å²) in [7, 11) is -1.87. The van der Waals surface area contributed by atoms with Crippen LogP contribution in [0.4, 0.5) is 0 Å². The Kier molecular flexibility index (Phi) is 25.3. The molecular weight excluding hydrogens is 799 g/mol. The van der Waals surface area contributed by atoms with Gasteiger partial charge in [-0.2, -0.15) is 0 Å². The van der Waals surface area contributed by atoms with Crippen molar-refractivity contribution in [3.63, 3.8) is 0 Å². The van der Waals surface area contributed by atoms with Crippen LogP contribution in [0.2, 0.25) is 18.6 Å². The fraction of sp³-hybridized carbons (Fsp3) is 0.841. The van der Waals surface area contributed by atoms with Crippen LogP contribution < -0.4 is 0 Å². The van der Waals surface area contributed by atoms with E-state index in [2.05, 4.69) is 116 Å². The van der Waals surface area contributed by atoms with Crippen LogP contribution in [0.15, 0.2) is 42.0 Å². The van der Waals surface area contributed by atoms with Crippen LogP contribution in [0, 0.1) is 17.8 Å². The molecule has 1 nitrogen and oxygen atoms in total. The molecule has 0 amide bonds. The van der Waals surface area contributed by atoms with Gasteiger partial charge < -0.3 is 4.57 Å². The predicted molar refractivity (Wildman–Crippen MR) is 296 cm³/mol. The lowest BCUT2D eigenvalue weighted by atomic mass is 9.68. The Bertz CT molecular complexity index is 1430. The number of nitrogens with zero attached hydrogens (tertiary/aromatic N) is 1. The molecule has 0 aliphatic heterocycles. The topological polar surface area (TPSA) is 3.24 Å². The highest BCUT2D eigenvalue weighted by Crippen LogP contribution is 2.63. The lowest BCUT2D eigenvalue weighted by Gasteiger charge is -2.57. The number of benzene rings is 1. The highest BCUT2D eigenvalue weighted by atomic mass is 28.3. The predicted octanol–water partition coefficient (Wildman–Crippen LogP) is 21.3. The van der Waals surface area contributed by atoms with Crippen molar-refractivity contribution < 1.29 is 0 Å². The summed E-state index contributed by atoms with van der Waals surface area (Å²) in [5, 5.41) is 0. The number of hydrogen-bond acceptors (Lipinski definition) is 1. The third kappa shape index (κ3) is 17.4. The maximum atomic E-state index is 3.02. The van der Waals surface area contributed by atoms with Crippen LogP contribution >= 0.6 is 0 Å². The third-order valence-corrected chi connectivity index (χ3v) is 22.2. The zero-order chi connectivity index (χ0) is 47.2. The van der Waals surface area contributed by atoms with Crippen molar-refractivity contribution in [2.45, 2.75) is 322 Å². The van der Waals surface area contributed by atoms with Crippen molar-refractivity contribution in [3.05, 3.63) is 53.1 Å². The van der Waals surface area contributed by atoms with E-state index in [0.29, 0.717) is 11.8 Å². The molecule has 4 rings (SSSR count). The van der Waals surface area contributed by atoms with E-state index in [-0.39, 0.29) is 16.5 Å². The molecule has 3 aliphatic rings. The van der Waals surface area contributed by atoms with Gasteiger partial charge in [-0.25, -0.2) is 0 Å². The lowest BCUT2D eigenvalue weighted by Crippen LogP contribution is -2.67. The summed E-state index contributed by atoms with van der Waals surface area (Å²) in [4.78, 5) is 0. The van der Waals surface area contributed by atoms with E-state index < -0.39 is 8.24 Å². The highest BCUT2D eigenvalue weighted by Gasteiger charge is 2.57. The Morgan fingerprint density at radius 1 is 0.508 bits per heavy atom. The van der Waals surface area contributed by atoms with Gasteiger partial charge in [0.1, 0.15) is 8.24 Å². The summed E-state index contributed by atoms with van der Waals surface area (Å²) < 4.78 is 3.02. The van der Waals surface area contributed by atoms with Gasteiger partial charge in [0, 0.05) is 16.5 Å². The van der Waals surface area contributed by atoms with Gasteiger partial charge in [-0.1, -0.05) is 276 Å². The number of hydrogen-bond donors (Lipinski definition) is 0. The summed E-state index contributed by atoms with van der Waals surface area (Å²) in [5.74, 6) is 2.11. The van der Waals surface area contributed by atoms with Crippen LogP contribution in [-0.4, -0.2) is 23.9 Å². The highest BCUT2D eigenvalue weighted by molar-refractivity contribution is 6.76. The quantitative estimate of drug-likeness (QED) is 0.0479. The SMILES string of the molecule is CCCCCCCCCCCCCCCCCCC1(CCCCCCCCCCCCCCCCCC)C2=CC3CC(C)C([Si](C)(C)N(C(C)(C)C)C(C)(C)C)C3C=C2c2ccccc21. The Morgan fingerprint density at radius 2 is 0.862 bits per heavy atom. The van der Waals surface area contributed by atoms with Gasteiger partial charge in [0.05, 0.1) is 0 Å². The van der Waals surface area contributed by atoms with Crippen LogP contribution in [0.1, 0.15) is 298 Å². The van der Waals surface area contributed by atoms with Crippen LogP contribution in [0.5, 0.6) is 0 Å². The molecule has 0 spiro atoms. The number of allylic oxidation sites excluding steroid dienone is 4. The van der Waals surface area contributed by atoms with Gasteiger partial charge in [-0.05, 0) is 106 Å². The Balaban J connectivity index is 1.37. The molecule has 0 aromatic heterocycles. The van der Waals surface area contributed by atoms with E-state index in [0.717, 1.165) is 11.5 Å². The van der Waals surface area contributed by atoms with Crippen molar-refractivity contribution in [2.75, 3.05) is 0 Å². The zero-order valence-corrected chi connectivity index (χ0v) is 47.0. The largest absolute Gasteiger partial charge is 0.314 e. The molecule has 0 N–H and O–H groups in total. The van der Waals surface area contributed by atoms with Crippen molar-refractivity contribution in [1.82, 2.24) is 4.57 Å². The van der Waals surface area contributed by atoms with Gasteiger partial charge in [0.2, 0.25) is 0 Å². The minimum atomic E-state index is -1.87. The summed E-state index contributed by atoms with van der Waals surface area (Å²) in [6.45, 7) is 27.7. The normalized spacial score (nSPS) is 20.6. The minimum Gasteiger partial charge on any atom is -0.314 e. The van der Waals surface area contributed by atoms with Crippen molar-refractivity contribution in [2.24, 2.45) is 17.8 Å². The second kappa shape index (κ2) is 29.2. The van der Waals surface area contributed by atoms with Crippen molar-refractivity contribution in [1.29, 1.82) is 0 Å². The first-order valence-electron chi connectivity index (χ1n) is 29.5. The first-order chi connectivity index (χ1) is 31.2. The molecule has 1 saturated carbocycles. The van der Waals surface area contributed by atoms with E-state index in [1.165, 1.54) is 225 Å². The molecule has 4 atom stereocenters. The van der Waals surface area contributed by atoms with Crippen LogP contribution in [0.3, 0.4) is 0 Å². The Morgan fingerprint density at radius 3 is 1.23 bits per heavy atom. The molecule has 0 heterocycles. The Labute approximate surface area is 409 Å². The third-order valence-electron chi connectivity index (χ3n) is 17.1. The Hall–Kier alpha value is -1.12. The maximum Gasteiger partial charge on any atom is 0.127 e. The van der Waals surface area contributed by atoms with Gasteiger partial charge in [0.15, 0.2) is 0 Å². The van der Waals surface area contributed by atoms with E-state index in [4.69, 9.17) is 0 Å². The molecule has 1 aromatic rings. The molecule has 1 fully saturated rings. The van der Waals surface area contributed by atoms with E-state index in [9.17, 15) is 0 Å². The standard InChI is InChI=1S/C63H113NSi/c1-12-14-16-18-20-22-24-26-28-30-32-34-36-38-40-44-48-63(49-45-41-39-37-35-33-31-29-27-25-23-21-19-17-15-13-2)58-47-43-42-46-55(58)57-52-56-54(51-59(57)63)50-53(3)60(56)65(10,11)64(61(4,5)6)62(7,8)9/h42-43,46-47,51-54,56,60H,12-41,44-45,48-50H2,1-11H3. The molecule has 0 radical (unpaired) electrons. The number of fused-ring (bicyclic) bond motifs is 4. The molecule has 0 bridgehead atoms. The molecule has 3 aliphatic carbocycles. The fourth-order valence-corrected chi connectivity index (χ4v) is 21.5. The average Bonchev–Trinajstić information content (AvgIpc) is 3.72. The molecule has 65 heavy (non-hydrogen) atoms. The van der Waals surface area contributed by atoms with Crippen molar-refractivity contribution in [3.8, 4) is 0 Å². The van der Waals surface area contributed by atoms with Gasteiger partial charge in [0.25, 0.3) is 0 Å². The van der Waals surface area contributed by atoms with E-state index in [1.54, 1.807) is 22.3 Å². The first-order valence-corrected chi connectivity index (χ1v) is 32.6. The van der Waals surface area contributed by atoms with Gasteiger partial charge >= 0.3 is 0 Å². The molecular formula is C63H113NSi. The summed E-state index contributed by atoms with van der Waals surface area (Å²) in [6, 6.07) is 9.87. The molecule has 1 aromatic carbocycles.